The lowest BCUT2D eigenvalue weighted by Crippen LogP contribution is -2.26. The summed E-state index contributed by atoms with van der Waals surface area (Å²) in [6.07, 6.45) is 0. The van der Waals surface area contributed by atoms with Crippen LogP contribution in [0.25, 0.3) is 0 Å². The van der Waals surface area contributed by atoms with Gasteiger partial charge in [-0.1, -0.05) is 12.1 Å². The van der Waals surface area contributed by atoms with Crippen LogP contribution in [0, 0.1) is 0 Å². The normalized spacial score (nSPS) is 10.3. The van der Waals surface area contributed by atoms with E-state index >= 15 is 0 Å². The van der Waals surface area contributed by atoms with Crippen molar-refractivity contribution in [3.05, 3.63) is 58.1 Å². The molecule has 2 rings (SSSR count). The number of carbonyl (C=O) groups excluding carboxylic acids is 1. The second-order valence-electron chi connectivity index (χ2n) is 4.57. The van der Waals surface area contributed by atoms with Gasteiger partial charge in [-0.05, 0) is 51.8 Å². The number of nitrogen functional groups attached to an aromatic ring is 1. The van der Waals surface area contributed by atoms with Gasteiger partial charge in [-0.25, -0.2) is 0 Å². The minimum atomic E-state index is -0.118. The molecule has 104 valence electrons. The Labute approximate surface area is 126 Å². The van der Waals surface area contributed by atoms with E-state index in [0.717, 1.165) is 10.0 Å². The molecule has 0 unspecified atom stereocenters. The number of carbonyl (C=O) groups is 1. The second kappa shape index (κ2) is 5.96. The third-order valence-corrected chi connectivity index (χ3v) is 3.64. The number of rotatable bonds is 3. The topological polar surface area (TPSA) is 66.6 Å². The maximum Gasteiger partial charge on any atom is 0.253 e. The Bertz CT molecular complexity index is 644. The van der Waals surface area contributed by atoms with Crippen LogP contribution in [-0.4, -0.2) is 23.0 Å². The highest BCUT2D eigenvalue weighted by Gasteiger charge is 2.13. The van der Waals surface area contributed by atoms with Gasteiger partial charge in [0.25, 0.3) is 5.91 Å². The van der Waals surface area contributed by atoms with E-state index in [1.54, 1.807) is 48.3 Å². The van der Waals surface area contributed by atoms with Crippen LogP contribution < -0.4 is 5.73 Å². The summed E-state index contributed by atoms with van der Waals surface area (Å²) in [5.41, 5.74) is 7.71. The van der Waals surface area contributed by atoms with Crippen molar-refractivity contribution in [2.75, 3.05) is 12.8 Å². The van der Waals surface area contributed by atoms with Gasteiger partial charge >= 0.3 is 0 Å². The Balaban J connectivity index is 2.14. The molecule has 0 bridgehead atoms. The summed E-state index contributed by atoms with van der Waals surface area (Å²) in [6, 6.07) is 12.0. The standard InChI is InChI=1S/C15H15BrN2O2/c1-18(9-10-3-2-4-12(19)7-10)15(20)11-5-6-13(16)14(17)8-11/h2-8,19H,9,17H2,1H3. The summed E-state index contributed by atoms with van der Waals surface area (Å²) < 4.78 is 0.768. The van der Waals surface area contributed by atoms with E-state index in [1.165, 1.54) is 0 Å². The van der Waals surface area contributed by atoms with Crippen LogP contribution in [0.4, 0.5) is 5.69 Å². The molecule has 20 heavy (non-hydrogen) atoms. The number of aromatic hydroxyl groups is 1. The minimum absolute atomic E-state index is 0.118. The van der Waals surface area contributed by atoms with Crippen LogP contribution in [0.5, 0.6) is 5.75 Å². The summed E-state index contributed by atoms with van der Waals surface area (Å²) in [7, 11) is 1.71. The molecule has 5 heteroatoms. The first-order valence-electron chi connectivity index (χ1n) is 6.06. The SMILES string of the molecule is CN(Cc1cccc(O)c1)C(=O)c1ccc(Br)c(N)c1. The molecule has 0 aromatic heterocycles. The molecule has 0 heterocycles. The first-order valence-corrected chi connectivity index (χ1v) is 6.85. The zero-order chi connectivity index (χ0) is 14.7. The van der Waals surface area contributed by atoms with Crippen molar-refractivity contribution in [3.63, 3.8) is 0 Å². The van der Waals surface area contributed by atoms with E-state index in [2.05, 4.69) is 15.9 Å². The Morgan fingerprint density at radius 3 is 2.70 bits per heavy atom. The van der Waals surface area contributed by atoms with Crippen LogP contribution >= 0.6 is 15.9 Å². The fraction of sp³-hybridized carbons (Fsp3) is 0.133. The lowest BCUT2D eigenvalue weighted by Gasteiger charge is -2.18. The van der Waals surface area contributed by atoms with Gasteiger partial charge in [-0.3, -0.25) is 4.79 Å². The van der Waals surface area contributed by atoms with E-state index in [1.807, 2.05) is 6.07 Å². The predicted molar refractivity (Wildman–Crippen MR) is 82.5 cm³/mol. The molecule has 0 aliphatic rings. The van der Waals surface area contributed by atoms with E-state index in [-0.39, 0.29) is 11.7 Å². The number of amides is 1. The molecule has 0 spiro atoms. The molecular formula is C15H15BrN2O2. The van der Waals surface area contributed by atoms with Crippen LogP contribution in [0.3, 0.4) is 0 Å². The summed E-state index contributed by atoms with van der Waals surface area (Å²) >= 11 is 3.30. The Morgan fingerprint density at radius 1 is 1.30 bits per heavy atom. The highest BCUT2D eigenvalue weighted by atomic mass is 79.9. The van der Waals surface area contributed by atoms with Crippen molar-refractivity contribution in [1.82, 2.24) is 4.90 Å². The van der Waals surface area contributed by atoms with Gasteiger partial charge in [0.05, 0.1) is 0 Å². The largest absolute Gasteiger partial charge is 0.508 e. The summed E-state index contributed by atoms with van der Waals surface area (Å²) in [4.78, 5) is 13.9. The van der Waals surface area contributed by atoms with Crippen molar-refractivity contribution in [1.29, 1.82) is 0 Å². The van der Waals surface area contributed by atoms with Gasteiger partial charge in [-0.2, -0.15) is 0 Å². The van der Waals surface area contributed by atoms with E-state index < -0.39 is 0 Å². The Kier molecular flexibility index (Phi) is 4.29. The van der Waals surface area contributed by atoms with Gasteiger partial charge in [0.15, 0.2) is 0 Å². The van der Waals surface area contributed by atoms with Crippen molar-refractivity contribution in [2.45, 2.75) is 6.54 Å². The molecular weight excluding hydrogens is 320 g/mol. The number of benzene rings is 2. The number of hydrogen-bond donors (Lipinski definition) is 2. The molecule has 4 nitrogen and oxygen atoms in total. The first-order chi connectivity index (χ1) is 9.47. The van der Waals surface area contributed by atoms with Crippen molar-refractivity contribution in [3.8, 4) is 5.75 Å². The summed E-state index contributed by atoms with van der Waals surface area (Å²) in [5.74, 6) is 0.0729. The fourth-order valence-corrected chi connectivity index (χ4v) is 2.14. The Morgan fingerprint density at radius 2 is 2.05 bits per heavy atom. The quantitative estimate of drug-likeness (QED) is 0.848. The number of hydrogen-bond acceptors (Lipinski definition) is 3. The number of nitrogens with two attached hydrogens (primary N) is 1. The van der Waals surface area contributed by atoms with Gasteiger partial charge in [-0.15, -0.1) is 0 Å². The van der Waals surface area contributed by atoms with Crippen molar-refractivity contribution in [2.24, 2.45) is 0 Å². The van der Waals surface area contributed by atoms with Gasteiger partial charge in [0.2, 0.25) is 0 Å². The number of halogens is 1. The van der Waals surface area contributed by atoms with Crippen LogP contribution in [0.2, 0.25) is 0 Å². The molecule has 0 saturated heterocycles. The molecule has 3 N–H and O–H groups in total. The number of phenols is 1. The number of nitrogens with zero attached hydrogens (tertiary/aromatic N) is 1. The third-order valence-electron chi connectivity index (χ3n) is 2.92. The zero-order valence-electron chi connectivity index (χ0n) is 11.0. The molecule has 2 aromatic carbocycles. The van der Waals surface area contributed by atoms with E-state index in [9.17, 15) is 9.90 Å². The van der Waals surface area contributed by atoms with Crippen molar-refractivity contribution >= 4 is 27.5 Å². The smallest absolute Gasteiger partial charge is 0.253 e. The summed E-state index contributed by atoms with van der Waals surface area (Å²) in [6.45, 7) is 0.420. The van der Waals surface area contributed by atoms with Crippen LogP contribution in [0.1, 0.15) is 15.9 Å². The molecule has 0 fully saturated rings. The first kappa shape index (κ1) is 14.4. The zero-order valence-corrected chi connectivity index (χ0v) is 12.6. The van der Waals surface area contributed by atoms with Gasteiger partial charge in [0.1, 0.15) is 5.75 Å². The van der Waals surface area contributed by atoms with Crippen LogP contribution in [0.15, 0.2) is 46.9 Å². The highest BCUT2D eigenvalue weighted by Crippen LogP contribution is 2.21. The maximum atomic E-state index is 12.3. The molecule has 0 aliphatic heterocycles. The fourth-order valence-electron chi connectivity index (χ4n) is 1.90. The number of anilines is 1. The molecule has 0 radical (unpaired) electrons. The number of phenolic OH excluding ortho intramolecular Hbond substituents is 1. The van der Waals surface area contributed by atoms with Crippen LogP contribution in [-0.2, 0) is 6.54 Å². The third kappa shape index (κ3) is 3.30. The highest BCUT2D eigenvalue weighted by molar-refractivity contribution is 9.10. The predicted octanol–water partition coefficient (Wildman–Crippen LogP) is 3.01. The summed E-state index contributed by atoms with van der Waals surface area (Å²) in [5, 5.41) is 9.42. The lowest BCUT2D eigenvalue weighted by atomic mass is 10.1. The monoisotopic (exact) mass is 334 g/mol. The molecule has 2 aromatic rings. The minimum Gasteiger partial charge on any atom is -0.508 e. The second-order valence-corrected chi connectivity index (χ2v) is 5.42. The van der Waals surface area contributed by atoms with E-state index in [4.69, 9.17) is 5.73 Å². The lowest BCUT2D eigenvalue weighted by molar-refractivity contribution is 0.0785. The van der Waals surface area contributed by atoms with Gasteiger partial charge < -0.3 is 15.7 Å². The van der Waals surface area contributed by atoms with Crippen molar-refractivity contribution < 1.29 is 9.90 Å². The maximum absolute atomic E-state index is 12.3. The van der Waals surface area contributed by atoms with E-state index in [0.29, 0.717) is 17.8 Å². The molecule has 1 amide bonds. The average Bonchev–Trinajstić information content (AvgIpc) is 2.41. The molecule has 0 aliphatic carbocycles. The van der Waals surface area contributed by atoms with Gasteiger partial charge in [0, 0.05) is 29.3 Å². The average molecular weight is 335 g/mol. The Hall–Kier alpha value is -2.01. The molecule has 0 saturated carbocycles. The molecule has 0 atom stereocenters.